The van der Waals surface area contributed by atoms with Gasteiger partial charge in [-0.25, -0.2) is 0 Å². The van der Waals surface area contributed by atoms with Gasteiger partial charge < -0.3 is 5.73 Å². The van der Waals surface area contributed by atoms with Crippen LogP contribution < -0.4 is 5.73 Å². The largest absolute Gasteiger partial charge is 0.324 e. The van der Waals surface area contributed by atoms with Gasteiger partial charge in [0, 0.05) is 12.4 Å². The second kappa shape index (κ2) is 3.08. The molecular weight excluding hydrogens is 142 g/mol. The molecule has 0 saturated heterocycles. The van der Waals surface area contributed by atoms with E-state index in [4.69, 9.17) is 5.73 Å². The Morgan fingerprint density at radius 3 is 2.50 bits per heavy atom. The summed E-state index contributed by atoms with van der Waals surface area (Å²) in [4.78, 5) is 0.970. The quantitative estimate of drug-likeness (QED) is 0.598. The number of nitrogens with two attached hydrogens (primary N) is 1. The van der Waals surface area contributed by atoms with Crippen LogP contribution in [-0.2, 0) is 0 Å². The van der Waals surface area contributed by atoms with Crippen molar-refractivity contribution in [2.24, 2.45) is 5.73 Å². The Morgan fingerprint density at radius 2 is 2.10 bits per heavy atom. The van der Waals surface area contributed by atoms with E-state index in [1.165, 1.54) is 0 Å². The second-order valence-corrected chi connectivity index (χ2v) is 2.83. The first-order valence-corrected chi connectivity index (χ1v) is 3.70. The molecule has 1 nitrogen and oxygen atoms in total. The number of hydrogen-bond donors (Lipinski definition) is 2. The van der Waals surface area contributed by atoms with Crippen LogP contribution in [0.25, 0.3) is 0 Å². The monoisotopic (exact) mass is 155 g/mol. The summed E-state index contributed by atoms with van der Waals surface area (Å²) in [6, 6.07) is 7.94. The van der Waals surface area contributed by atoms with Crippen molar-refractivity contribution in [3.8, 4) is 0 Å². The Morgan fingerprint density at radius 1 is 1.50 bits per heavy atom. The predicted octanol–water partition coefficient (Wildman–Crippen LogP) is 2.24. The van der Waals surface area contributed by atoms with Crippen LogP contribution in [0.2, 0.25) is 0 Å². The van der Waals surface area contributed by atoms with Gasteiger partial charge in [0.15, 0.2) is 0 Å². The minimum Gasteiger partial charge on any atom is -0.324 e. The number of rotatable bonds is 1. The van der Waals surface area contributed by atoms with Gasteiger partial charge in [0.05, 0.1) is 0 Å². The Kier molecular flexibility index (Phi) is 2.35. The number of benzene rings is 1. The fourth-order valence-corrected chi connectivity index (χ4v) is 1.24. The van der Waals surface area contributed by atoms with Crippen molar-refractivity contribution in [3.05, 3.63) is 29.8 Å². The molecule has 1 aromatic carbocycles. The zero-order valence-electron chi connectivity index (χ0n) is 5.91. The van der Waals surface area contributed by atoms with Gasteiger partial charge in [0.25, 0.3) is 0 Å². The van der Waals surface area contributed by atoms with E-state index in [0.29, 0.717) is 0 Å². The summed E-state index contributed by atoms with van der Waals surface area (Å²) in [5.41, 5.74) is 6.77. The smallest absolute Gasteiger partial charge is 0.0277 e. The molecule has 0 aromatic heterocycles. The number of thiol groups is 1. The summed E-state index contributed by atoms with van der Waals surface area (Å²) in [6.45, 7) is 1.95. The summed E-state index contributed by atoms with van der Waals surface area (Å²) >= 11 is 4.26. The molecule has 1 aromatic rings. The lowest BCUT2D eigenvalue weighted by Gasteiger charge is -2.06. The van der Waals surface area contributed by atoms with Gasteiger partial charge in [-0.3, -0.25) is 0 Å². The third kappa shape index (κ3) is 1.52. The molecule has 0 aliphatic heterocycles. The van der Waals surface area contributed by atoms with Crippen molar-refractivity contribution < 1.29 is 1.43 Å². The molecular formula is C8H13NS. The zero-order valence-corrected chi connectivity index (χ0v) is 6.81. The van der Waals surface area contributed by atoms with E-state index in [1.54, 1.807) is 0 Å². The maximum atomic E-state index is 5.67. The van der Waals surface area contributed by atoms with Crippen LogP contribution in [0.5, 0.6) is 0 Å². The van der Waals surface area contributed by atoms with Crippen molar-refractivity contribution in [2.75, 3.05) is 0 Å². The summed E-state index contributed by atoms with van der Waals surface area (Å²) in [5.74, 6) is 0. The first kappa shape index (κ1) is 7.63. The topological polar surface area (TPSA) is 26.0 Å². The SMILES string of the molecule is CC(N)c1ccccc1S.[HH]. The molecule has 2 N–H and O–H groups in total. The van der Waals surface area contributed by atoms with E-state index in [9.17, 15) is 0 Å². The van der Waals surface area contributed by atoms with E-state index in [1.807, 2.05) is 31.2 Å². The maximum absolute atomic E-state index is 5.67. The zero-order chi connectivity index (χ0) is 7.56. The van der Waals surface area contributed by atoms with Crippen LogP contribution in [0.15, 0.2) is 29.2 Å². The molecule has 0 aliphatic carbocycles. The third-order valence-electron chi connectivity index (χ3n) is 1.43. The Labute approximate surface area is 68.1 Å². The van der Waals surface area contributed by atoms with E-state index in [-0.39, 0.29) is 7.47 Å². The highest BCUT2D eigenvalue weighted by molar-refractivity contribution is 7.80. The van der Waals surface area contributed by atoms with Gasteiger partial charge in [0.1, 0.15) is 0 Å². The van der Waals surface area contributed by atoms with Crippen LogP contribution in [0.4, 0.5) is 0 Å². The first-order chi connectivity index (χ1) is 4.72. The summed E-state index contributed by atoms with van der Waals surface area (Å²) in [7, 11) is 0. The molecule has 0 amide bonds. The normalized spacial score (nSPS) is 13.1. The lowest BCUT2D eigenvalue weighted by atomic mass is 10.1. The molecule has 0 spiro atoms. The van der Waals surface area contributed by atoms with Crippen LogP contribution in [-0.4, -0.2) is 0 Å². The molecule has 0 heterocycles. The Bertz CT molecular complexity index is 225. The highest BCUT2D eigenvalue weighted by atomic mass is 32.1. The predicted molar refractivity (Wildman–Crippen MR) is 48.4 cm³/mol. The molecule has 1 unspecified atom stereocenters. The van der Waals surface area contributed by atoms with Gasteiger partial charge in [-0.15, -0.1) is 12.6 Å². The van der Waals surface area contributed by atoms with Gasteiger partial charge >= 0.3 is 0 Å². The minimum absolute atomic E-state index is 0. The summed E-state index contributed by atoms with van der Waals surface area (Å²) in [5, 5.41) is 0. The van der Waals surface area contributed by atoms with Gasteiger partial charge in [0.2, 0.25) is 0 Å². The molecule has 1 rings (SSSR count). The second-order valence-electron chi connectivity index (χ2n) is 2.35. The standard InChI is InChI=1S/C8H11NS.H2/c1-6(9)7-4-2-3-5-8(7)10;/h2-6,10H,9H2,1H3;1H. The average Bonchev–Trinajstić information content (AvgIpc) is 1.88. The van der Waals surface area contributed by atoms with Crippen molar-refractivity contribution in [3.63, 3.8) is 0 Å². The molecule has 0 aliphatic rings. The van der Waals surface area contributed by atoms with E-state index >= 15 is 0 Å². The molecule has 0 fully saturated rings. The molecule has 56 valence electrons. The minimum atomic E-state index is 0. The van der Waals surface area contributed by atoms with Crippen molar-refractivity contribution in [1.82, 2.24) is 0 Å². The van der Waals surface area contributed by atoms with Gasteiger partial charge in [-0.05, 0) is 18.6 Å². The lowest BCUT2D eigenvalue weighted by molar-refractivity contribution is 0.798. The summed E-state index contributed by atoms with van der Waals surface area (Å²) < 4.78 is 0. The van der Waals surface area contributed by atoms with E-state index in [2.05, 4.69) is 12.6 Å². The molecule has 0 radical (unpaired) electrons. The molecule has 2 heteroatoms. The van der Waals surface area contributed by atoms with Crippen LogP contribution >= 0.6 is 12.6 Å². The first-order valence-electron chi connectivity index (χ1n) is 3.25. The Hall–Kier alpha value is -0.470. The van der Waals surface area contributed by atoms with Crippen molar-refractivity contribution in [1.29, 1.82) is 0 Å². The van der Waals surface area contributed by atoms with E-state index in [0.717, 1.165) is 10.5 Å². The van der Waals surface area contributed by atoms with E-state index < -0.39 is 0 Å². The highest BCUT2D eigenvalue weighted by Crippen LogP contribution is 2.18. The van der Waals surface area contributed by atoms with Gasteiger partial charge in [-0.2, -0.15) is 0 Å². The molecule has 0 saturated carbocycles. The Balaban J connectivity index is 0.000001000. The van der Waals surface area contributed by atoms with Crippen molar-refractivity contribution >= 4 is 12.6 Å². The van der Waals surface area contributed by atoms with Gasteiger partial charge in [-0.1, -0.05) is 18.2 Å². The van der Waals surface area contributed by atoms with Crippen LogP contribution in [0, 0.1) is 0 Å². The average molecular weight is 155 g/mol. The molecule has 10 heavy (non-hydrogen) atoms. The fourth-order valence-electron chi connectivity index (χ4n) is 0.873. The molecule has 1 atom stereocenters. The molecule has 0 bridgehead atoms. The fraction of sp³-hybridized carbons (Fsp3) is 0.250. The lowest BCUT2D eigenvalue weighted by Crippen LogP contribution is -2.05. The van der Waals surface area contributed by atoms with Crippen molar-refractivity contribution in [2.45, 2.75) is 17.9 Å². The summed E-state index contributed by atoms with van der Waals surface area (Å²) in [6.07, 6.45) is 0. The number of hydrogen-bond acceptors (Lipinski definition) is 2. The van der Waals surface area contributed by atoms with Crippen LogP contribution in [0.3, 0.4) is 0 Å². The third-order valence-corrected chi connectivity index (χ3v) is 1.83. The maximum Gasteiger partial charge on any atom is 0.0277 e. The highest BCUT2D eigenvalue weighted by Gasteiger charge is 2.00. The van der Waals surface area contributed by atoms with Crippen LogP contribution in [0.1, 0.15) is 20.0 Å².